The molecule has 0 unspecified atom stereocenters. The van der Waals surface area contributed by atoms with Gasteiger partial charge in [-0.3, -0.25) is 4.79 Å². The van der Waals surface area contributed by atoms with E-state index in [9.17, 15) is 13.6 Å². The Labute approximate surface area is 236 Å². The van der Waals surface area contributed by atoms with E-state index < -0.39 is 17.7 Å². The number of anilines is 1. The van der Waals surface area contributed by atoms with E-state index in [0.717, 1.165) is 68.4 Å². The standard InChI is InChI=1S/C31H42F2N6O/c1-4-9-28(36-25-13-12-22-16-24(32)17-27(33)26(22)18-25)31(40)37-30-20-39(21-35-30)29-11-8-7-10-23(29)19-34-14-15-38(5-2)6-3/h7-8,10-11,16-17,20-21,25,28,34,36H,4-6,9,12-15,18-19H2,1-3H3,(H,37,40)/t25-,28+/m0/s1. The Morgan fingerprint density at radius 1 is 1.18 bits per heavy atom. The minimum Gasteiger partial charge on any atom is -0.311 e. The quantitative estimate of drug-likeness (QED) is 0.250. The van der Waals surface area contributed by atoms with Crippen molar-refractivity contribution in [1.82, 2.24) is 25.1 Å². The van der Waals surface area contributed by atoms with Crippen LogP contribution in [0.4, 0.5) is 14.6 Å². The van der Waals surface area contributed by atoms with Crippen molar-refractivity contribution in [1.29, 1.82) is 0 Å². The fourth-order valence-corrected chi connectivity index (χ4v) is 5.44. The molecule has 9 heteroatoms. The van der Waals surface area contributed by atoms with Gasteiger partial charge in [-0.15, -0.1) is 0 Å². The third kappa shape index (κ3) is 7.74. The monoisotopic (exact) mass is 552 g/mol. The zero-order valence-electron chi connectivity index (χ0n) is 23.9. The second kappa shape index (κ2) is 14.5. The highest BCUT2D eigenvalue weighted by Gasteiger charge is 2.27. The van der Waals surface area contributed by atoms with Crippen molar-refractivity contribution >= 4 is 11.7 Å². The summed E-state index contributed by atoms with van der Waals surface area (Å²) in [6.07, 6.45) is 6.74. The van der Waals surface area contributed by atoms with Crippen LogP contribution in [-0.4, -0.2) is 58.6 Å². The molecule has 1 aliphatic rings. The molecule has 1 heterocycles. The minimum atomic E-state index is -0.542. The molecule has 1 aromatic heterocycles. The number of fused-ring (bicyclic) bond motifs is 1. The fourth-order valence-electron chi connectivity index (χ4n) is 5.44. The number of halogens is 2. The molecule has 3 aromatic rings. The Morgan fingerprint density at radius 2 is 1.98 bits per heavy atom. The highest BCUT2D eigenvalue weighted by atomic mass is 19.1. The van der Waals surface area contributed by atoms with E-state index in [1.165, 1.54) is 6.07 Å². The lowest BCUT2D eigenvalue weighted by atomic mass is 9.87. The van der Waals surface area contributed by atoms with Crippen molar-refractivity contribution in [3.8, 4) is 5.69 Å². The molecule has 7 nitrogen and oxygen atoms in total. The number of likely N-dealkylation sites (N-methyl/N-ethyl adjacent to an activating group) is 1. The Hall–Kier alpha value is -3.14. The number of carbonyl (C=O) groups is 1. The molecule has 0 aliphatic heterocycles. The molecular weight excluding hydrogens is 510 g/mol. The molecule has 2 atom stereocenters. The highest BCUT2D eigenvalue weighted by molar-refractivity contribution is 5.94. The van der Waals surface area contributed by atoms with Gasteiger partial charge in [-0.2, -0.15) is 0 Å². The average molecular weight is 553 g/mol. The summed E-state index contributed by atoms with van der Waals surface area (Å²) in [5, 5.41) is 9.93. The summed E-state index contributed by atoms with van der Waals surface area (Å²) in [6.45, 7) is 11.1. The number of benzene rings is 2. The van der Waals surface area contributed by atoms with E-state index in [4.69, 9.17) is 0 Å². The van der Waals surface area contributed by atoms with E-state index in [-0.39, 0.29) is 11.9 Å². The predicted octanol–water partition coefficient (Wildman–Crippen LogP) is 4.84. The molecule has 0 bridgehead atoms. The van der Waals surface area contributed by atoms with E-state index >= 15 is 0 Å². The van der Waals surface area contributed by atoms with Crippen molar-refractivity contribution in [3.05, 3.63) is 77.2 Å². The zero-order valence-corrected chi connectivity index (χ0v) is 23.9. The molecule has 0 radical (unpaired) electrons. The van der Waals surface area contributed by atoms with Crippen LogP contribution in [0, 0.1) is 11.6 Å². The maximum absolute atomic E-state index is 14.4. The van der Waals surface area contributed by atoms with Crippen molar-refractivity contribution in [2.45, 2.75) is 71.5 Å². The van der Waals surface area contributed by atoms with Crippen molar-refractivity contribution in [2.24, 2.45) is 0 Å². The van der Waals surface area contributed by atoms with Gasteiger partial charge >= 0.3 is 0 Å². The van der Waals surface area contributed by atoms with Crippen LogP contribution in [0.3, 0.4) is 0 Å². The molecular formula is C31H42F2N6O. The van der Waals surface area contributed by atoms with E-state index in [0.29, 0.717) is 30.6 Å². The third-order valence-corrected chi connectivity index (χ3v) is 7.71. The summed E-state index contributed by atoms with van der Waals surface area (Å²) >= 11 is 0. The minimum absolute atomic E-state index is 0.0616. The first kappa shape index (κ1) is 29.8. The largest absolute Gasteiger partial charge is 0.311 e. The molecule has 216 valence electrons. The topological polar surface area (TPSA) is 74.2 Å². The predicted molar refractivity (Wildman–Crippen MR) is 156 cm³/mol. The van der Waals surface area contributed by atoms with Crippen LogP contribution in [0.1, 0.15) is 56.7 Å². The first-order chi connectivity index (χ1) is 19.4. The summed E-state index contributed by atoms with van der Waals surface area (Å²) < 4.78 is 29.9. The van der Waals surface area contributed by atoms with Gasteiger partial charge in [-0.25, -0.2) is 13.8 Å². The molecule has 40 heavy (non-hydrogen) atoms. The lowest BCUT2D eigenvalue weighted by Crippen LogP contribution is -2.48. The van der Waals surface area contributed by atoms with Crippen LogP contribution >= 0.6 is 0 Å². The number of rotatable bonds is 14. The number of carbonyl (C=O) groups excluding carboxylic acids is 1. The Morgan fingerprint density at radius 3 is 2.75 bits per heavy atom. The molecule has 0 fully saturated rings. The number of aryl methyl sites for hydroxylation is 1. The molecule has 0 saturated heterocycles. The van der Waals surface area contributed by atoms with Crippen molar-refractivity contribution in [3.63, 3.8) is 0 Å². The molecule has 1 aliphatic carbocycles. The summed E-state index contributed by atoms with van der Waals surface area (Å²) in [4.78, 5) is 20.1. The first-order valence-electron chi connectivity index (χ1n) is 14.5. The SMILES string of the molecule is CCC[C@@H](N[C@H]1CCc2cc(F)cc(F)c2C1)C(=O)Nc1cn(-c2ccccc2CNCCN(CC)CC)cn1. The van der Waals surface area contributed by atoms with Gasteiger partial charge in [0.15, 0.2) is 5.82 Å². The van der Waals surface area contributed by atoms with E-state index in [2.05, 4.69) is 45.7 Å². The first-order valence-corrected chi connectivity index (χ1v) is 14.5. The smallest absolute Gasteiger partial charge is 0.242 e. The number of hydrogen-bond donors (Lipinski definition) is 3. The number of hydrogen-bond acceptors (Lipinski definition) is 5. The average Bonchev–Trinajstić information content (AvgIpc) is 3.41. The highest BCUT2D eigenvalue weighted by Crippen LogP contribution is 2.26. The number of nitrogens with one attached hydrogen (secondary N) is 3. The van der Waals surface area contributed by atoms with Gasteiger partial charge in [0.2, 0.25) is 5.91 Å². The molecule has 2 aromatic carbocycles. The van der Waals surface area contributed by atoms with Crippen LogP contribution in [-0.2, 0) is 24.2 Å². The number of para-hydroxylation sites is 1. The third-order valence-electron chi connectivity index (χ3n) is 7.71. The number of imidazole rings is 1. The van der Waals surface area contributed by atoms with Crippen LogP contribution in [0.2, 0.25) is 0 Å². The van der Waals surface area contributed by atoms with Gasteiger partial charge in [0.25, 0.3) is 0 Å². The maximum atomic E-state index is 14.4. The zero-order chi connectivity index (χ0) is 28.5. The summed E-state index contributed by atoms with van der Waals surface area (Å²) in [5.41, 5.74) is 3.42. The summed E-state index contributed by atoms with van der Waals surface area (Å²) in [5.74, 6) is -0.737. The van der Waals surface area contributed by atoms with Crippen molar-refractivity contribution < 1.29 is 13.6 Å². The lowest BCUT2D eigenvalue weighted by molar-refractivity contribution is -0.118. The summed E-state index contributed by atoms with van der Waals surface area (Å²) in [7, 11) is 0. The Balaban J connectivity index is 1.37. The number of aromatic nitrogens is 2. The second-order valence-corrected chi connectivity index (χ2v) is 10.5. The van der Waals surface area contributed by atoms with E-state index in [1.807, 2.05) is 35.9 Å². The van der Waals surface area contributed by atoms with Gasteiger partial charge in [-0.1, -0.05) is 45.4 Å². The van der Waals surface area contributed by atoms with E-state index in [1.54, 1.807) is 6.33 Å². The molecule has 1 amide bonds. The van der Waals surface area contributed by atoms with Crippen LogP contribution < -0.4 is 16.0 Å². The maximum Gasteiger partial charge on any atom is 0.242 e. The Bertz CT molecular complexity index is 1260. The molecule has 4 rings (SSSR count). The summed E-state index contributed by atoms with van der Waals surface area (Å²) in [6, 6.07) is 10.0. The second-order valence-electron chi connectivity index (χ2n) is 10.5. The molecule has 3 N–H and O–H groups in total. The molecule has 0 spiro atoms. The van der Waals surface area contributed by atoms with Gasteiger partial charge < -0.3 is 25.4 Å². The van der Waals surface area contributed by atoms with Gasteiger partial charge in [-0.05, 0) is 67.6 Å². The van der Waals surface area contributed by atoms with Gasteiger partial charge in [0.1, 0.15) is 18.0 Å². The molecule has 0 saturated carbocycles. The Kier molecular flexibility index (Phi) is 10.8. The normalized spacial score (nSPS) is 15.7. The van der Waals surface area contributed by atoms with Crippen molar-refractivity contribution in [2.75, 3.05) is 31.5 Å². The van der Waals surface area contributed by atoms with Gasteiger partial charge in [0.05, 0.1) is 17.9 Å². The van der Waals surface area contributed by atoms with Gasteiger partial charge in [0, 0.05) is 31.7 Å². The number of amides is 1. The fraction of sp³-hybridized carbons (Fsp3) is 0.484. The lowest BCUT2D eigenvalue weighted by Gasteiger charge is -2.29. The van der Waals surface area contributed by atoms with Crippen LogP contribution in [0.15, 0.2) is 48.9 Å². The number of nitrogens with zero attached hydrogens (tertiary/aromatic N) is 3. The van der Waals surface area contributed by atoms with Crippen LogP contribution in [0.25, 0.3) is 5.69 Å². The van der Waals surface area contributed by atoms with Crippen LogP contribution in [0.5, 0.6) is 0 Å².